The van der Waals surface area contributed by atoms with E-state index in [4.69, 9.17) is 5.73 Å². The molecule has 1 rings (SSSR count). The third kappa shape index (κ3) is 5.84. The second-order valence-electron chi connectivity index (χ2n) is 4.65. The number of anilines is 1. The van der Waals surface area contributed by atoms with Crippen molar-refractivity contribution in [1.29, 1.82) is 0 Å². The first-order valence-corrected chi connectivity index (χ1v) is 6.95. The van der Waals surface area contributed by atoms with Crippen LogP contribution in [0.4, 0.5) is 5.69 Å². The fourth-order valence-corrected chi connectivity index (χ4v) is 1.88. The van der Waals surface area contributed by atoms with E-state index in [1.807, 2.05) is 24.3 Å². The second kappa shape index (κ2) is 9.09. The van der Waals surface area contributed by atoms with Gasteiger partial charge in [0.1, 0.15) is 0 Å². The molecule has 0 atom stereocenters. The molecule has 5 nitrogen and oxygen atoms in total. The van der Waals surface area contributed by atoms with Crippen LogP contribution >= 0.6 is 0 Å². The molecule has 0 aliphatic carbocycles. The number of carbonyl (C=O) groups is 2. The van der Waals surface area contributed by atoms with Crippen LogP contribution in [-0.2, 0) is 16.0 Å². The van der Waals surface area contributed by atoms with Crippen LogP contribution in [0.3, 0.4) is 0 Å². The van der Waals surface area contributed by atoms with Crippen molar-refractivity contribution in [3.05, 3.63) is 29.8 Å². The SMILES string of the molecule is CNC(=O)Cc1ccccc1NC(=O)CCCCCN. The Morgan fingerprint density at radius 3 is 2.55 bits per heavy atom. The Hall–Kier alpha value is -1.88. The molecule has 0 radical (unpaired) electrons. The quantitative estimate of drug-likeness (QED) is 0.628. The van der Waals surface area contributed by atoms with E-state index in [9.17, 15) is 9.59 Å². The molecule has 0 aliphatic rings. The van der Waals surface area contributed by atoms with Gasteiger partial charge in [0.25, 0.3) is 0 Å². The standard InChI is InChI=1S/C15H23N3O2/c1-17-15(20)11-12-7-4-5-8-13(12)18-14(19)9-3-2-6-10-16/h4-5,7-8H,2-3,6,9-11,16H2,1H3,(H,17,20)(H,18,19). The highest BCUT2D eigenvalue weighted by atomic mass is 16.2. The molecule has 0 aliphatic heterocycles. The molecule has 5 heteroatoms. The molecule has 2 amide bonds. The Morgan fingerprint density at radius 2 is 1.85 bits per heavy atom. The molecule has 0 unspecified atom stereocenters. The van der Waals surface area contributed by atoms with E-state index in [-0.39, 0.29) is 18.2 Å². The number of amides is 2. The Kier molecular flexibility index (Phi) is 7.35. The number of para-hydroxylation sites is 1. The van der Waals surface area contributed by atoms with Crippen molar-refractivity contribution < 1.29 is 9.59 Å². The minimum atomic E-state index is -0.0744. The van der Waals surface area contributed by atoms with Gasteiger partial charge >= 0.3 is 0 Å². The second-order valence-corrected chi connectivity index (χ2v) is 4.65. The zero-order chi connectivity index (χ0) is 14.8. The molecular formula is C15H23N3O2. The van der Waals surface area contributed by atoms with Gasteiger partial charge in [-0.15, -0.1) is 0 Å². The average molecular weight is 277 g/mol. The van der Waals surface area contributed by atoms with Gasteiger partial charge in [0.15, 0.2) is 0 Å². The molecule has 1 aromatic rings. The molecular weight excluding hydrogens is 254 g/mol. The van der Waals surface area contributed by atoms with Crippen molar-refractivity contribution in [3.8, 4) is 0 Å². The van der Waals surface area contributed by atoms with Gasteiger partial charge in [-0.2, -0.15) is 0 Å². The highest BCUT2D eigenvalue weighted by Gasteiger charge is 2.09. The fraction of sp³-hybridized carbons (Fsp3) is 0.467. The zero-order valence-electron chi connectivity index (χ0n) is 11.9. The number of unbranched alkanes of at least 4 members (excludes halogenated alkanes) is 2. The maximum absolute atomic E-state index is 11.8. The summed E-state index contributed by atoms with van der Waals surface area (Å²) in [5.41, 5.74) is 6.94. The maximum atomic E-state index is 11.8. The number of rotatable bonds is 8. The van der Waals surface area contributed by atoms with E-state index < -0.39 is 0 Å². The zero-order valence-corrected chi connectivity index (χ0v) is 11.9. The van der Waals surface area contributed by atoms with Gasteiger partial charge in [-0.05, 0) is 31.0 Å². The minimum Gasteiger partial charge on any atom is -0.359 e. The molecule has 0 spiro atoms. The summed E-state index contributed by atoms with van der Waals surface area (Å²) in [6.45, 7) is 0.663. The molecule has 110 valence electrons. The van der Waals surface area contributed by atoms with E-state index in [2.05, 4.69) is 10.6 Å². The summed E-state index contributed by atoms with van der Waals surface area (Å²) >= 11 is 0. The van der Waals surface area contributed by atoms with Gasteiger partial charge in [0, 0.05) is 19.2 Å². The molecule has 1 aromatic carbocycles. The Labute approximate surface area is 119 Å². The number of likely N-dealkylation sites (N-methyl/N-ethyl adjacent to an activating group) is 1. The van der Waals surface area contributed by atoms with Crippen molar-refractivity contribution in [1.82, 2.24) is 5.32 Å². The van der Waals surface area contributed by atoms with Crippen molar-refractivity contribution in [2.75, 3.05) is 18.9 Å². The molecule has 4 N–H and O–H groups in total. The molecule has 0 fully saturated rings. The summed E-state index contributed by atoms with van der Waals surface area (Å²) in [6.07, 6.45) is 3.49. The number of hydrogen-bond acceptors (Lipinski definition) is 3. The van der Waals surface area contributed by atoms with Crippen molar-refractivity contribution in [2.45, 2.75) is 32.1 Å². The van der Waals surface area contributed by atoms with Crippen LogP contribution < -0.4 is 16.4 Å². The number of nitrogens with two attached hydrogens (primary N) is 1. The number of nitrogens with one attached hydrogen (secondary N) is 2. The van der Waals surface area contributed by atoms with Gasteiger partial charge < -0.3 is 16.4 Å². The lowest BCUT2D eigenvalue weighted by Crippen LogP contribution is -2.21. The van der Waals surface area contributed by atoms with Gasteiger partial charge in [-0.1, -0.05) is 24.6 Å². The van der Waals surface area contributed by atoms with Crippen LogP contribution in [0.1, 0.15) is 31.2 Å². The van der Waals surface area contributed by atoms with E-state index in [0.29, 0.717) is 18.7 Å². The largest absolute Gasteiger partial charge is 0.359 e. The van der Waals surface area contributed by atoms with E-state index in [1.165, 1.54) is 0 Å². The number of benzene rings is 1. The predicted octanol–water partition coefficient (Wildman–Crippen LogP) is 1.43. The smallest absolute Gasteiger partial charge is 0.224 e. The van der Waals surface area contributed by atoms with Gasteiger partial charge in [0.05, 0.1) is 6.42 Å². The summed E-state index contributed by atoms with van der Waals surface area (Å²) < 4.78 is 0. The fourth-order valence-electron chi connectivity index (χ4n) is 1.88. The monoisotopic (exact) mass is 277 g/mol. The normalized spacial score (nSPS) is 10.1. The van der Waals surface area contributed by atoms with E-state index in [0.717, 1.165) is 24.8 Å². The Balaban J connectivity index is 2.53. The average Bonchev–Trinajstić information content (AvgIpc) is 2.45. The number of hydrogen-bond donors (Lipinski definition) is 3. The summed E-state index contributed by atoms with van der Waals surface area (Å²) in [7, 11) is 1.60. The summed E-state index contributed by atoms with van der Waals surface area (Å²) in [5.74, 6) is -0.0963. The first kappa shape index (κ1) is 16.2. The highest BCUT2D eigenvalue weighted by molar-refractivity contribution is 5.92. The molecule has 0 aromatic heterocycles. The maximum Gasteiger partial charge on any atom is 0.224 e. The van der Waals surface area contributed by atoms with Crippen molar-refractivity contribution >= 4 is 17.5 Å². The van der Waals surface area contributed by atoms with Gasteiger partial charge in [0.2, 0.25) is 11.8 Å². The Morgan fingerprint density at radius 1 is 1.10 bits per heavy atom. The molecule has 0 heterocycles. The lowest BCUT2D eigenvalue weighted by atomic mass is 10.1. The van der Waals surface area contributed by atoms with Gasteiger partial charge in [-0.3, -0.25) is 9.59 Å². The van der Waals surface area contributed by atoms with E-state index in [1.54, 1.807) is 7.05 Å². The first-order chi connectivity index (χ1) is 9.67. The molecule has 20 heavy (non-hydrogen) atoms. The number of carbonyl (C=O) groups excluding carboxylic acids is 2. The van der Waals surface area contributed by atoms with Crippen LogP contribution in [0.5, 0.6) is 0 Å². The minimum absolute atomic E-state index is 0.0219. The van der Waals surface area contributed by atoms with Crippen LogP contribution in [0.15, 0.2) is 24.3 Å². The van der Waals surface area contributed by atoms with Crippen LogP contribution in [0.25, 0.3) is 0 Å². The van der Waals surface area contributed by atoms with Gasteiger partial charge in [-0.25, -0.2) is 0 Å². The summed E-state index contributed by atoms with van der Waals surface area (Å²) in [5, 5.41) is 5.45. The Bertz CT molecular complexity index is 446. The summed E-state index contributed by atoms with van der Waals surface area (Å²) in [4.78, 5) is 23.3. The molecule has 0 saturated carbocycles. The van der Waals surface area contributed by atoms with Crippen LogP contribution in [-0.4, -0.2) is 25.4 Å². The molecule has 0 bridgehead atoms. The van der Waals surface area contributed by atoms with Crippen molar-refractivity contribution in [2.24, 2.45) is 5.73 Å². The first-order valence-electron chi connectivity index (χ1n) is 6.95. The molecule has 0 saturated heterocycles. The lowest BCUT2D eigenvalue weighted by Gasteiger charge is -2.10. The lowest BCUT2D eigenvalue weighted by molar-refractivity contribution is -0.120. The third-order valence-electron chi connectivity index (χ3n) is 3.03. The van der Waals surface area contributed by atoms with Crippen LogP contribution in [0, 0.1) is 0 Å². The highest BCUT2D eigenvalue weighted by Crippen LogP contribution is 2.16. The predicted molar refractivity (Wildman–Crippen MR) is 80.4 cm³/mol. The summed E-state index contributed by atoms with van der Waals surface area (Å²) in [6, 6.07) is 7.36. The van der Waals surface area contributed by atoms with E-state index >= 15 is 0 Å². The van der Waals surface area contributed by atoms with Crippen LogP contribution in [0.2, 0.25) is 0 Å². The van der Waals surface area contributed by atoms with Crippen molar-refractivity contribution in [3.63, 3.8) is 0 Å². The third-order valence-corrected chi connectivity index (χ3v) is 3.03. The topological polar surface area (TPSA) is 84.2 Å².